The second-order valence-electron chi connectivity index (χ2n) is 5.94. The molecule has 0 aliphatic heterocycles. The van der Waals surface area contributed by atoms with Crippen molar-refractivity contribution in [1.82, 2.24) is 15.1 Å². The Labute approximate surface area is 136 Å². The molecule has 1 fully saturated rings. The first-order valence-corrected chi connectivity index (χ1v) is 8.66. The number of Topliss-reactive ketones (excluding diaryl/α,β-unsaturated/α-hetero) is 1. The number of aryl methyl sites for hydroxylation is 2. The monoisotopic (exact) mass is 332 g/mol. The first-order chi connectivity index (χ1) is 11.2. The van der Waals surface area contributed by atoms with Crippen LogP contribution in [0.25, 0.3) is 0 Å². The number of fused-ring (bicyclic) bond motifs is 1. The number of rotatable bonds is 5. The number of hydrogen-bond donors (Lipinski definition) is 1. The molecule has 1 amide bonds. The summed E-state index contributed by atoms with van der Waals surface area (Å²) < 4.78 is 5.15. The van der Waals surface area contributed by atoms with Gasteiger partial charge in [-0.15, -0.1) is 11.3 Å². The van der Waals surface area contributed by atoms with Gasteiger partial charge in [0, 0.05) is 30.1 Å². The van der Waals surface area contributed by atoms with Crippen molar-refractivity contribution in [2.24, 2.45) is 0 Å². The number of carbonyl (C=O) groups excluding carboxylic acids is 2. The lowest BCUT2D eigenvalue weighted by Gasteiger charge is -2.05. The Morgan fingerprint density at radius 2 is 2.17 bits per heavy atom. The molecule has 1 N–H and O–H groups in total. The van der Waals surface area contributed by atoms with Gasteiger partial charge in [0.25, 0.3) is 0 Å². The van der Waals surface area contributed by atoms with E-state index < -0.39 is 0 Å². The molecule has 0 unspecified atom stereocenters. The third-order valence-electron chi connectivity index (χ3n) is 4.01. The number of hydrogen-bond acceptors (Lipinski definition) is 7. The van der Waals surface area contributed by atoms with Gasteiger partial charge in [-0.3, -0.25) is 9.59 Å². The van der Waals surface area contributed by atoms with Crippen molar-refractivity contribution in [1.29, 1.82) is 0 Å². The van der Waals surface area contributed by atoms with Crippen molar-refractivity contribution >= 4 is 28.2 Å². The van der Waals surface area contributed by atoms with Gasteiger partial charge in [0.1, 0.15) is 5.69 Å². The summed E-state index contributed by atoms with van der Waals surface area (Å²) >= 11 is 1.39. The van der Waals surface area contributed by atoms with E-state index in [1.807, 2.05) is 0 Å². The van der Waals surface area contributed by atoms with Gasteiger partial charge in [0.2, 0.25) is 11.8 Å². The molecule has 0 radical (unpaired) electrons. The molecule has 0 atom stereocenters. The number of aromatic nitrogens is 3. The van der Waals surface area contributed by atoms with Crippen LogP contribution in [0.1, 0.15) is 65.1 Å². The minimum atomic E-state index is -0.158. The molecule has 2 aromatic rings. The van der Waals surface area contributed by atoms with Crippen LogP contribution < -0.4 is 5.32 Å². The molecule has 0 saturated heterocycles. The highest BCUT2D eigenvalue weighted by Gasteiger charge is 2.28. The predicted octanol–water partition coefficient (Wildman–Crippen LogP) is 2.49. The van der Waals surface area contributed by atoms with E-state index in [2.05, 4.69) is 20.4 Å². The van der Waals surface area contributed by atoms with Gasteiger partial charge in [0.05, 0.1) is 0 Å². The third-order valence-corrected chi connectivity index (χ3v) is 5.04. The topological polar surface area (TPSA) is 98.0 Å². The van der Waals surface area contributed by atoms with Crippen LogP contribution in [0.3, 0.4) is 0 Å². The highest BCUT2D eigenvalue weighted by atomic mass is 32.1. The Balaban J connectivity index is 1.33. The van der Waals surface area contributed by atoms with Gasteiger partial charge in [-0.05, 0) is 25.7 Å². The fraction of sp³-hybridized carbons (Fsp3) is 0.533. The van der Waals surface area contributed by atoms with Crippen LogP contribution in [0.2, 0.25) is 0 Å². The van der Waals surface area contributed by atoms with Gasteiger partial charge in [-0.25, -0.2) is 4.98 Å². The van der Waals surface area contributed by atoms with E-state index in [1.54, 1.807) is 0 Å². The molecule has 1 saturated carbocycles. The molecular formula is C15H16N4O3S. The maximum absolute atomic E-state index is 12.0. The van der Waals surface area contributed by atoms with E-state index in [0.29, 0.717) is 35.5 Å². The second kappa shape index (κ2) is 5.84. The highest BCUT2D eigenvalue weighted by molar-refractivity contribution is 7.16. The zero-order valence-corrected chi connectivity index (χ0v) is 13.3. The van der Waals surface area contributed by atoms with E-state index in [9.17, 15) is 9.59 Å². The van der Waals surface area contributed by atoms with Crippen molar-refractivity contribution in [3.8, 4) is 0 Å². The average Bonchev–Trinajstić information content (AvgIpc) is 3.12. The summed E-state index contributed by atoms with van der Waals surface area (Å²) in [5.41, 5.74) is 0.530. The molecule has 7 nitrogen and oxygen atoms in total. The van der Waals surface area contributed by atoms with E-state index >= 15 is 0 Å². The average molecular weight is 332 g/mol. The van der Waals surface area contributed by atoms with Crippen LogP contribution in [-0.4, -0.2) is 26.8 Å². The smallest absolute Gasteiger partial charge is 0.227 e. The van der Waals surface area contributed by atoms with Crippen LogP contribution in [0.5, 0.6) is 0 Å². The molecule has 2 aliphatic carbocycles. The Morgan fingerprint density at radius 1 is 1.30 bits per heavy atom. The number of anilines is 1. The molecule has 120 valence electrons. The predicted molar refractivity (Wildman–Crippen MR) is 82.6 cm³/mol. The molecule has 23 heavy (non-hydrogen) atoms. The number of nitrogens with one attached hydrogen (secondary N) is 1. The SMILES string of the molecule is O=C(CCc1nc(C2CC2)no1)Nc1nc2c(s1)CCCC2=O. The largest absolute Gasteiger partial charge is 0.339 e. The summed E-state index contributed by atoms with van der Waals surface area (Å²) in [5.74, 6) is 1.61. The molecule has 0 aromatic carbocycles. The lowest BCUT2D eigenvalue weighted by Crippen LogP contribution is -2.13. The zero-order chi connectivity index (χ0) is 15.8. The van der Waals surface area contributed by atoms with Crippen LogP contribution in [0, 0.1) is 0 Å². The maximum atomic E-state index is 12.0. The number of ketones is 1. The van der Waals surface area contributed by atoms with Gasteiger partial charge in [0.15, 0.2) is 16.7 Å². The molecule has 8 heteroatoms. The van der Waals surface area contributed by atoms with Crippen molar-refractivity contribution in [2.75, 3.05) is 5.32 Å². The molecular weight excluding hydrogens is 316 g/mol. The minimum Gasteiger partial charge on any atom is -0.339 e. The van der Waals surface area contributed by atoms with Gasteiger partial charge in [-0.2, -0.15) is 4.98 Å². The van der Waals surface area contributed by atoms with E-state index in [-0.39, 0.29) is 18.1 Å². The van der Waals surface area contributed by atoms with Crippen molar-refractivity contribution in [3.05, 3.63) is 22.3 Å². The van der Waals surface area contributed by atoms with Gasteiger partial charge >= 0.3 is 0 Å². The van der Waals surface area contributed by atoms with Gasteiger partial charge < -0.3 is 9.84 Å². The van der Waals surface area contributed by atoms with Crippen LogP contribution >= 0.6 is 11.3 Å². The highest BCUT2D eigenvalue weighted by Crippen LogP contribution is 2.38. The fourth-order valence-corrected chi connectivity index (χ4v) is 3.64. The third kappa shape index (κ3) is 3.17. The van der Waals surface area contributed by atoms with Crippen LogP contribution in [0.15, 0.2) is 4.52 Å². The Bertz CT molecular complexity index is 763. The lowest BCUT2D eigenvalue weighted by molar-refractivity contribution is -0.116. The summed E-state index contributed by atoms with van der Waals surface area (Å²) in [5, 5.41) is 7.18. The first kappa shape index (κ1) is 14.5. The molecule has 2 heterocycles. The Hall–Kier alpha value is -2.09. The summed E-state index contributed by atoms with van der Waals surface area (Å²) in [4.78, 5) is 33.3. The van der Waals surface area contributed by atoms with Crippen molar-refractivity contribution in [2.45, 2.75) is 50.9 Å². The molecule has 2 aliphatic rings. The van der Waals surface area contributed by atoms with E-state index in [0.717, 1.165) is 36.4 Å². The van der Waals surface area contributed by atoms with Crippen LogP contribution in [-0.2, 0) is 17.6 Å². The number of nitrogens with zero attached hydrogens (tertiary/aromatic N) is 3. The molecule has 4 rings (SSSR count). The van der Waals surface area contributed by atoms with E-state index in [1.165, 1.54) is 11.3 Å². The summed E-state index contributed by atoms with van der Waals surface area (Å²) in [6.07, 6.45) is 5.17. The summed E-state index contributed by atoms with van der Waals surface area (Å²) in [6, 6.07) is 0. The quantitative estimate of drug-likeness (QED) is 0.903. The summed E-state index contributed by atoms with van der Waals surface area (Å²) in [7, 11) is 0. The van der Waals surface area contributed by atoms with Crippen LogP contribution in [0.4, 0.5) is 5.13 Å². The van der Waals surface area contributed by atoms with Crippen molar-refractivity contribution in [3.63, 3.8) is 0 Å². The zero-order valence-electron chi connectivity index (χ0n) is 12.5. The normalized spacial score (nSPS) is 17.1. The molecule has 0 bridgehead atoms. The fourth-order valence-electron chi connectivity index (χ4n) is 2.60. The second-order valence-corrected chi connectivity index (χ2v) is 7.02. The molecule has 0 spiro atoms. The summed E-state index contributed by atoms with van der Waals surface area (Å²) in [6.45, 7) is 0. The van der Waals surface area contributed by atoms with E-state index in [4.69, 9.17) is 4.52 Å². The first-order valence-electron chi connectivity index (χ1n) is 7.84. The van der Waals surface area contributed by atoms with Gasteiger partial charge in [-0.1, -0.05) is 5.16 Å². The minimum absolute atomic E-state index is 0.0708. The standard InChI is InChI=1S/C15H16N4O3S/c20-9-2-1-3-10-13(9)18-15(23-10)16-11(21)6-7-12-17-14(19-22-12)8-4-5-8/h8H,1-7H2,(H,16,18,21). The maximum Gasteiger partial charge on any atom is 0.227 e. The number of amides is 1. The molecule has 2 aromatic heterocycles. The number of thiazole rings is 1. The Morgan fingerprint density at radius 3 is 2.96 bits per heavy atom. The lowest BCUT2D eigenvalue weighted by atomic mass is 10.0. The van der Waals surface area contributed by atoms with Crippen molar-refractivity contribution < 1.29 is 14.1 Å². The Kier molecular flexibility index (Phi) is 3.68. The number of carbonyl (C=O) groups is 2.